The highest BCUT2D eigenvalue weighted by Gasteiger charge is 2.36. The summed E-state index contributed by atoms with van der Waals surface area (Å²) in [4.78, 5) is 2.45. The van der Waals surface area contributed by atoms with Crippen LogP contribution in [0.1, 0.15) is 56.9 Å². The first-order valence-corrected chi connectivity index (χ1v) is 10.9. The highest BCUT2D eigenvalue weighted by molar-refractivity contribution is 7.89. The van der Waals surface area contributed by atoms with Gasteiger partial charge in [-0.25, -0.2) is 4.83 Å². The van der Waals surface area contributed by atoms with Gasteiger partial charge in [0.15, 0.2) is 0 Å². The fourth-order valence-electron chi connectivity index (χ4n) is 2.80. The molecule has 1 fully saturated rings. The number of epoxide rings is 1. The molecule has 1 aliphatic heterocycles. The quantitative estimate of drug-likeness (QED) is 0.182. The van der Waals surface area contributed by atoms with Crippen LogP contribution in [0.5, 0.6) is 0 Å². The van der Waals surface area contributed by atoms with E-state index in [1.165, 1.54) is 32.1 Å². The van der Waals surface area contributed by atoms with Gasteiger partial charge in [0.05, 0.1) is 17.2 Å². The summed E-state index contributed by atoms with van der Waals surface area (Å²) in [6.07, 6.45) is 13.2. The Hall–Kier alpha value is -1.66. The highest BCUT2D eigenvalue weighted by Crippen LogP contribution is 2.26. The van der Waals surface area contributed by atoms with Gasteiger partial charge in [-0.2, -0.15) is 13.5 Å². The van der Waals surface area contributed by atoms with Gasteiger partial charge in [-0.05, 0) is 38.3 Å². The third-order valence-electron chi connectivity index (χ3n) is 4.49. The van der Waals surface area contributed by atoms with Crippen LogP contribution in [0.2, 0.25) is 0 Å². The minimum absolute atomic E-state index is 0.0664. The average Bonchev–Trinajstić information content (AvgIpc) is 3.36. The minimum atomic E-state index is -3.61. The molecule has 2 rings (SSSR count). The van der Waals surface area contributed by atoms with Crippen LogP contribution < -0.4 is 4.83 Å². The number of nitrogens with zero attached hydrogens (tertiary/aromatic N) is 1. The molecule has 1 aromatic rings. The van der Waals surface area contributed by atoms with Gasteiger partial charge in [-0.3, -0.25) is 0 Å². The van der Waals surface area contributed by atoms with Crippen molar-refractivity contribution >= 4 is 16.2 Å². The molecule has 5 nitrogen and oxygen atoms in total. The van der Waals surface area contributed by atoms with Gasteiger partial charge in [0, 0.05) is 0 Å². The van der Waals surface area contributed by atoms with Crippen molar-refractivity contribution in [2.45, 2.75) is 75.4 Å². The van der Waals surface area contributed by atoms with E-state index < -0.39 is 10.0 Å². The van der Waals surface area contributed by atoms with Gasteiger partial charge < -0.3 is 4.74 Å². The van der Waals surface area contributed by atoms with Gasteiger partial charge in [-0.1, -0.05) is 55.9 Å². The summed E-state index contributed by atoms with van der Waals surface area (Å²) in [5.74, 6) is 0. The van der Waals surface area contributed by atoms with Crippen molar-refractivity contribution in [1.82, 2.24) is 4.83 Å². The second-order valence-electron chi connectivity index (χ2n) is 6.81. The Kier molecular flexibility index (Phi) is 8.32. The fourth-order valence-corrected chi connectivity index (χ4v) is 3.60. The lowest BCUT2D eigenvalue weighted by molar-refractivity contribution is 0.377. The molecule has 1 N–H and O–H groups in total. The fraction of sp³-hybridized carbons (Fsp3) is 0.550. The van der Waals surface area contributed by atoms with E-state index in [1.54, 1.807) is 30.5 Å². The maximum atomic E-state index is 12.1. The molecular weight excluding hydrogens is 348 g/mol. The number of sulfonamides is 1. The lowest BCUT2D eigenvalue weighted by Crippen LogP contribution is -2.18. The smallest absolute Gasteiger partial charge is 0.276 e. The number of hydrogen-bond donors (Lipinski definition) is 1. The van der Waals surface area contributed by atoms with Gasteiger partial charge >= 0.3 is 0 Å². The Labute approximate surface area is 157 Å². The Morgan fingerprint density at radius 2 is 1.77 bits per heavy atom. The summed E-state index contributed by atoms with van der Waals surface area (Å²) in [6, 6.07) is 6.66. The largest absolute Gasteiger partial charge is 0.363 e. The lowest BCUT2D eigenvalue weighted by Gasteiger charge is -2.03. The molecule has 1 aliphatic rings. The van der Waals surface area contributed by atoms with Crippen molar-refractivity contribution in [2.24, 2.45) is 5.10 Å². The third-order valence-corrected chi connectivity index (χ3v) is 5.73. The summed E-state index contributed by atoms with van der Waals surface area (Å²) >= 11 is 0. The summed E-state index contributed by atoms with van der Waals surface area (Å²) in [5.41, 5.74) is 1.01. The number of allylic oxidation sites excluding steroid dienone is 1. The van der Waals surface area contributed by atoms with E-state index in [2.05, 4.69) is 16.5 Å². The standard InChI is InChI=1S/C20H30N2O3S/c1-3-4-5-6-7-8-9-10-11-19-20(25-19)16-21-22-26(23,24)18-14-12-17(2)13-15-18/h3,12-16,19-20,22H,1,4-11H2,2H3/b21-16+/t19-,20-/m1/s1. The molecule has 6 heteroatoms. The molecule has 0 amide bonds. The van der Waals surface area contributed by atoms with E-state index >= 15 is 0 Å². The average molecular weight is 379 g/mol. The second-order valence-corrected chi connectivity index (χ2v) is 8.47. The van der Waals surface area contributed by atoms with Gasteiger partial charge in [-0.15, -0.1) is 6.58 Å². The molecule has 0 spiro atoms. The van der Waals surface area contributed by atoms with Crippen molar-refractivity contribution in [3.63, 3.8) is 0 Å². The first-order valence-electron chi connectivity index (χ1n) is 9.41. The predicted octanol–water partition coefficient (Wildman–Crippen LogP) is 4.33. The molecule has 0 aromatic heterocycles. The van der Waals surface area contributed by atoms with Crippen molar-refractivity contribution in [3.05, 3.63) is 42.5 Å². The molecule has 1 aromatic carbocycles. The minimum Gasteiger partial charge on any atom is -0.363 e. The van der Waals surface area contributed by atoms with Gasteiger partial charge in [0.1, 0.15) is 6.10 Å². The van der Waals surface area contributed by atoms with Crippen molar-refractivity contribution in [1.29, 1.82) is 0 Å². The summed E-state index contributed by atoms with van der Waals surface area (Å²) in [5, 5.41) is 3.84. The Morgan fingerprint density at radius 1 is 1.12 bits per heavy atom. The van der Waals surface area contributed by atoms with E-state index in [1.807, 2.05) is 13.0 Å². The number of nitrogens with one attached hydrogen (secondary N) is 1. The normalized spacial score (nSPS) is 19.6. The third kappa shape index (κ3) is 7.30. The number of aryl methyl sites for hydroxylation is 1. The van der Waals surface area contributed by atoms with E-state index in [4.69, 9.17) is 4.74 Å². The molecule has 1 saturated heterocycles. The van der Waals surface area contributed by atoms with E-state index in [9.17, 15) is 8.42 Å². The van der Waals surface area contributed by atoms with Gasteiger partial charge in [0.2, 0.25) is 0 Å². The number of unbranched alkanes of at least 4 members (excludes halogenated alkanes) is 6. The summed E-state index contributed by atoms with van der Waals surface area (Å²) in [7, 11) is -3.61. The molecule has 1 heterocycles. The zero-order valence-corrected chi connectivity index (χ0v) is 16.4. The van der Waals surface area contributed by atoms with E-state index in [0.29, 0.717) is 0 Å². The monoisotopic (exact) mass is 378 g/mol. The highest BCUT2D eigenvalue weighted by atomic mass is 32.2. The van der Waals surface area contributed by atoms with E-state index in [0.717, 1.165) is 24.8 Å². The summed E-state index contributed by atoms with van der Waals surface area (Å²) < 4.78 is 29.7. The van der Waals surface area contributed by atoms with Crippen LogP contribution in [0, 0.1) is 6.92 Å². The predicted molar refractivity (Wildman–Crippen MR) is 106 cm³/mol. The molecule has 0 saturated carbocycles. The molecule has 0 unspecified atom stereocenters. The number of hydrazone groups is 1. The Morgan fingerprint density at radius 3 is 2.46 bits per heavy atom. The van der Waals surface area contributed by atoms with E-state index in [-0.39, 0.29) is 17.1 Å². The zero-order valence-electron chi connectivity index (χ0n) is 15.6. The number of rotatable bonds is 13. The summed E-state index contributed by atoms with van der Waals surface area (Å²) in [6.45, 7) is 5.64. The topological polar surface area (TPSA) is 71.1 Å². The van der Waals surface area contributed by atoms with Crippen LogP contribution in [0.4, 0.5) is 0 Å². The number of ether oxygens (including phenoxy) is 1. The molecule has 26 heavy (non-hydrogen) atoms. The number of hydrogen-bond acceptors (Lipinski definition) is 4. The van der Waals surface area contributed by atoms with Crippen LogP contribution in [-0.2, 0) is 14.8 Å². The lowest BCUT2D eigenvalue weighted by atomic mass is 10.1. The molecule has 0 bridgehead atoms. The molecular formula is C20H30N2O3S. The van der Waals surface area contributed by atoms with Crippen molar-refractivity contribution < 1.29 is 13.2 Å². The van der Waals surface area contributed by atoms with Crippen LogP contribution in [0.3, 0.4) is 0 Å². The van der Waals surface area contributed by atoms with Crippen LogP contribution >= 0.6 is 0 Å². The Balaban J connectivity index is 1.58. The molecule has 144 valence electrons. The zero-order chi connectivity index (χ0) is 18.8. The SMILES string of the molecule is C=CCCCCCCCC[C@H]1O[C@@H]1/C=N/NS(=O)(=O)c1ccc(C)cc1. The first-order chi connectivity index (χ1) is 12.5. The molecule has 0 radical (unpaired) electrons. The van der Waals surface area contributed by atoms with Gasteiger partial charge in [0.25, 0.3) is 10.0 Å². The number of benzene rings is 1. The van der Waals surface area contributed by atoms with Crippen LogP contribution in [-0.4, -0.2) is 26.8 Å². The molecule has 2 atom stereocenters. The molecule has 0 aliphatic carbocycles. The van der Waals surface area contributed by atoms with Crippen molar-refractivity contribution in [3.8, 4) is 0 Å². The van der Waals surface area contributed by atoms with Crippen molar-refractivity contribution in [2.75, 3.05) is 0 Å². The Bertz CT molecular complexity index is 684. The maximum Gasteiger partial charge on any atom is 0.276 e. The van der Waals surface area contributed by atoms with Crippen LogP contribution in [0.25, 0.3) is 0 Å². The second kappa shape index (κ2) is 10.5. The van der Waals surface area contributed by atoms with Crippen LogP contribution in [0.15, 0.2) is 46.9 Å². The maximum absolute atomic E-state index is 12.1. The first kappa shape index (κ1) is 20.6.